The average Bonchev–Trinajstić information content (AvgIpc) is 2.47. The molecule has 0 fully saturated rings. The lowest BCUT2D eigenvalue weighted by molar-refractivity contribution is 1.15. The minimum Gasteiger partial charge on any atom is -0.380 e. The van der Waals surface area contributed by atoms with Gasteiger partial charge >= 0.3 is 0 Å². The number of para-hydroxylation sites is 1. The smallest absolute Gasteiger partial charge is 0.0855 e. The molecule has 2 aromatic carbocycles. The minimum atomic E-state index is 0.802. The summed E-state index contributed by atoms with van der Waals surface area (Å²) in [7, 11) is 0. The van der Waals surface area contributed by atoms with Crippen LogP contribution in [0, 0.1) is 0 Å². The van der Waals surface area contributed by atoms with E-state index in [-0.39, 0.29) is 0 Å². The number of anilines is 1. The second-order valence-electron chi connectivity index (χ2n) is 4.37. The Hall–Kier alpha value is -2.00. The number of thiol groups is 1. The third-order valence-corrected chi connectivity index (χ3v) is 3.44. The molecule has 3 heteroatoms. The minimum absolute atomic E-state index is 0.802. The fourth-order valence-corrected chi connectivity index (χ4v) is 2.37. The SMILES string of the molecule is Sc1cccc2c(NCc3ccccc3)ccnc12. The Morgan fingerprint density at radius 2 is 1.79 bits per heavy atom. The lowest BCUT2D eigenvalue weighted by Crippen LogP contribution is -2.00. The quantitative estimate of drug-likeness (QED) is 0.697. The molecule has 1 N–H and O–H groups in total. The van der Waals surface area contributed by atoms with Crippen LogP contribution in [-0.2, 0) is 6.54 Å². The lowest BCUT2D eigenvalue weighted by atomic mass is 10.1. The van der Waals surface area contributed by atoms with Crippen LogP contribution in [0.25, 0.3) is 10.9 Å². The van der Waals surface area contributed by atoms with Gasteiger partial charge in [0.15, 0.2) is 0 Å². The predicted molar refractivity (Wildman–Crippen MR) is 82.8 cm³/mol. The predicted octanol–water partition coefficient (Wildman–Crippen LogP) is 4.14. The molecule has 0 aliphatic heterocycles. The van der Waals surface area contributed by atoms with Crippen molar-refractivity contribution in [2.75, 3.05) is 5.32 Å². The van der Waals surface area contributed by atoms with Gasteiger partial charge in [0.2, 0.25) is 0 Å². The first-order valence-electron chi connectivity index (χ1n) is 6.19. The standard InChI is InChI=1S/C16H14N2S/c19-15-8-4-7-13-14(9-10-17-16(13)15)18-11-12-5-2-1-3-6-12/h1-10,19H,11H2,(H,17,18). The van der Waals surface area contributed by atoms with Gasteiger partial charge in [-0.2, -0.15) is 0 Å². The number of hydrogen-bond acceptors (Lipinski definition) is 3. The molecule has 0 aliphatic rings. The van der Waals surface area contributed by atoms with Crippen LogP contribution in [-0.4, -0.2) is 4.98 Å². The monoisotopic (exact) mass is 266 g/mol. The average molecular weight is 266 g/mol. The van der Waals surface area contributed by atoms with E-state index in [1.54, 1.807) is 0 Å². The molecular formula is C16H14N2S. The third kappa shape index (κ3) is 2.56. The van der Waals surface area contributed by atoms with Crippen molar-refractivity contribution in [2.45, 2.75) is 11.4 Å². The summed E-state index contributed by atoms with van der Waals surface area (Å²) in [5, 5.41) is 4.56. The first kappa shape index (κ1) is 12.1. The van der Waals surface area contributed by atoms with E-state index < -0.39 is 0 Å². The summed E-state index contributed by atoms with van der Waals surface area (Å²) in [6, 6.07) is 18.4. The Kier molecular flexibility index (Phi) is 3.38. The number of benzene rings is 2. The molecule has 2 nitrogen and oxygen atoms in total. The maximum Gasteiger partial charge on any atom is 0.0855 e. The topological polar surface area (TPSA) is 24.9 Å². The van der Waals surface area contributed by atoms with Gasteiger partial charge < -0.3 is 5.32 Å². The highest BCUT2D eigenvalue weighted by molar-refractivity contribution is 7.80. The van der Waals surface area contributed by atoms with Crippen molar-refractivity contribution >= 4 is 29.2 Å². The van der Waals surface area contributed by atoms with Crippen LogP contribution < -0.4 is 5.32 Å². The Bertz CT molecular complexity index is 695. The van der Waals surface area contributed by atoms with Crippen LogP contribution >= 0.6 is 12.6 Å². The number of aromatic nitrogens is 1. The van der Waals surface area contributed by atoms with Crippen LogP contribution in [0.3, 0.4) is 0 Å². The Morgan fingerprint density at radius 1 is 0.947 bits per heavy atom. The Labute approximate surface area is 117 Å². The number of pyridine rings is 1. The molecule has 19 heavy (non-hydrogen) atoms. The van der Waals surface area contributed by atoms with E-state index in [1.165, 1.54) is 5.56 Å². The number of rotatable bonds is 3. The van der Waals surface area contributed by atoms with E-state index in [1.807, 2.05) is 42.6 Å². The molecule has 3 aromatic rings. The van der Waals surface area contributed by atoms with Crippen molar-refractivity contribution in [3.63, 3.8) is 0 Å². The van der Waals surface area contributed by atoms with Gasteiger partial charge in [-0.25, -0.2) is 0 Å². The van der Waals surface area contributed by atoms with Gasteiger partial charge in [0.05, 0.1) is 5.52 Å². The molecule has 0 atom stereocenters. The summed E-state index contributed by atoms with van der Waals surface area (Å²) in [5.41, 5.74) is 3.28. The van der Waals surface area contributed by atoms with Crippen LogP contribution in [0.1, 0.15) is 5.56 Å². The van der Waals surface area contributed by atoms with Gasteiger partial charge in [-0.1, -0.05) is 42.5 Å². The molecule has 0 aliphatic carbocycles. The van der Waals surface area contributed by atoms with E-state index in [2.05, 4.69) is 41.1 Å². The molecule has 94 valence electrons. The molecule has 1 aromatic heterocycles. The van der Waals surface area contributed by atoms with Crippen LogP contribution in [0.15, 0.2) is 65.7 Å². The Balaban J connectivity index is 1.91. The lowest BCUT2D eigenvalue weighted by Gasteiger charge is -2.10. The van der Waals surface area contributed by atoms with E-state index >= 15 is 0 Å². The van der Waals surface area contributed by atoms with Gasteiger partial charge in [-0.15, -0.1) is 12.6 Å². The van der Waals surface area contributed by atoms with E-state index in [4.69, 9.17) is 0 Å². The summed E-state index contributed by atoms with van der Waals surface area (Å²) in [6.45, 7) is 0.802. The molecule has 0 spiro atoms. The summed E-state index contributed by atoms with van der Waals surface area (Å²) >= 11 is 4.45. The first-order chi connectivity index (χ1) is 9.34. The number of hydrogen-bond donors (Lipinski definition) is 2. The summed E-state index contributed by atoms with van der Waals surface area (Å²) in [5.74, 6) is 0. The van der Waals surface area contributed by atoms with Gasteiger partial charge in [0.25, 0.3) is 0 Å². The van der Waals surface area contributed by atoms with Gasteiger partial charge in [0, 0.05) is 28.7 Å². The van der Waals surface area contributed by atoms with Crippen molar-refractivity contribution in [1.29, 1.82) is 0 Å². The van der Waals surface area contributed by atoms with E-state index in [0.717, 1.165) is 28.0 Å². The molecule has 0 amide bonds. The zero-order valence-electron chi connectivity index (χ0n) is 10.4. The van der Waals surface area contributed by atoms with Crippen molar-refractivity contribution in [1.82, 2.24) is 4.98 Å². The van der Waals surface area contributed by atoms with Gasteiger partial charge in [-0.3, -0.25) is 4.98 Å². The highest BCUT2D eigenvalue weighted by Crippen LogP contribution is 2.26. The fraction of sp³-hybridized carbons (Fsp3) is 0.0625. The summed E-state index contributed by atoms with van der Waals surface area (Å²) < 4.78 is 0. The molecule has 1 heterocycles. The van der Waals surface area contributed by atoms with E-state index in [9.17, 15) is 0 Å². The second kappa shape index (κ2) is 5.33. The molecule has 3 rings (SSSR count). The highest BCUT2D eigenvalue weighted by Gasteiger charge is 2.03. The number of nitrogens with one attached hydrogen (secondary N) is 1. The van der Waals surface area contributed by atoms with Crippen molar-refractivity contribution < 1.29 is 0 Å². The molecule has 0 saturated heterocycles. The molecule has 0 radical (unpaired) electrons. The zero-order valence-corrected chi connectivity index (χ0v) is 11.3. The normalized spacial score (nSPS) is 10.6. The molecule has 0 bridgehead atoms. The summed E-state index contributed by atoms with van der Waals surface area (Å²) in [4.78, 5) is 5.28. The van der Waals surface area contributed by atoms with Gasteiger partial charge in [0.1, 0.15) is 0 Å². The maximum atomic E-state index is 4.45. The zero-order chi connectivity index (χ0) is 13.1. The highest BCUT2D eigenvalue weighted by atomic mass is 32.1. The molecular weight excluding hydrogens is 252 g/mol. The van der Waals surface area contributed by atoms with Crippen molar-refractivity contribution in [2.24, 2.45) is 0 Å². The number of nitrogens with zero attached hydrogens (tertiary/aromatic N) is 1. The summed E-state index contributed by atoms with van der Waals surface area (Å²) in [6.07, 6.45) is 1.81. The second-order valence-corrected chi connectivity index (χ2v) is 4.85. The van der Waals surface area contributed by atoms with Crippen molar-refractivity contribution in [3.05, 3.63) is 66.4 Å². The molecule has 0 unspecified atom stereocenters. The largest absolute Gasteiger partial charge is 0.380 e. The van der Waals surface area contributed by atoms with Crippen molar-refractivity contribution in [3.8, 4) is 0 Å². The number of fused-ring (bicyclic) bond motifs is 1. The third-order valence-electron chi connectivity index (χ3n) is 3.08. The van der Waals surface area contributed by atoms with E-state index in [0.29, 0.717) is 0 Å². The molecule has 0 saturated carbocycles. The van der Waals surface area contributed by atoms with Crippen LogP contribution in [0.4, 0.5) is 5.69 Å². The first-order valence-corrected chi connectivity index (χ1v) is 6.64. The van der Waals surface area contributed by atoms with Crippen LogP contribution in [0.5, 0.6) is 0 Å². The Morgan fingerprint density at radius 3 is 2.63 bits per heavy atom. The maximum absolute atomic E-state index is 4.45. The van der Waals surface area contributed by atoms with Crippen LogP contribution in [0.2, 0.25) is 0 Å². The van der Waals surface area contributed by atoms with Gasteiger partial charge in [-0.05, 0) is 17.7 Å². The fourth-order valence-electron chi connectivity index (χ4n) is 2.11.